The number of rotatable bonds is 10. The average molecular weight is 285 g/mol. The number of amides is 1. The number of carbonyl (C=O) groups is 1. The van der Waals surface area contributed by atoms with Crippen LogP contribution in [0.2, 0.25) is 0 Å². The van der Waals surface area contributed by atoms with Crippen molar-refractivity contribution in [3.63, 3.8) is 0 Å². The smallest absolute Gasteiger partial charge is 0.227 e. The number of unbranched alkanes of at least 4 members (excludes halogenated alkanes) is 1. The molecule has 3 heteroatoms. The lowest BCUT2D eigenvalue weighted by molar-refractivity contribution is -0.137. The first-order chi connectivity index (χ1) is 9.10. The second-order valence-electron chi connectivity index (χ2n) is 7.47. The van der Waals surface area contributed by atoms with Gasteiger partial charge in [0.15, 0.2) is 0 Å². The van der Waals surface area contributed by atoms with E-state index in [0.717, 1.165) is 32.2 Å². The van der Waals surface area contributed by atoms with Gasteiger partial charge in [-0.1, -0.05) is 27.2 Å². The molecule has 0 aliphatic heterocycles. The maximum absolute atomic E-state index is 12.1. The van der Waals surface area contributed by atoms with E-state index in [2.05, 4.69) is 39.9 Å². The number of ether oxygens (including phenoxy) is 1. The summed E-state index contributed by atoms with van der Waals surface area (Å²) in [7, 11) is 0. The molecule has 120 valence electrons. The monoisotopic (exact) mass is 285 g/mol. The van der Waals surface area contributed by atoms with E-state index in [1.807, 2.05) is 13.8 Å². The van der Waals surface area contributed by atoms with Crippen LogP contribution in [0.5, 0.6) is 0 Å². The van der Waals surface area contributed by atoms with Crippen LogP contribution in [0.1, 0.15) is 74.1 Å². The fourth-order valence-corrected chi connectivity index (χ4v) is 1.77. The molecule has 3 nitrogen and oxygen atoms in total. The molecule has 0 unspecified atom stereocenters. The molecule has 0 saturated heterocycles. The second kappa shape index (κ2) is 8.66. The summed E-state index contributed by atoms with van der Waals surface area (Å²) >= 11 is 0. The van der Waals surface area contributed by atoms with Crippen LogP contribution in [0.4, 0.5) is 0 Å². The lowest BCUT2D eigenvalue weighted by Crippen LogP contribution is -2.42. The highest BCUT2D eigenvalue weighted by Crippen LogP contribution is 2.24. The van der Waals surface area contributed by atoms with Crippen LogP contribution in [-0.2, 0) is 9.53 Å². The lowest BCUT2D eigenvalue weighted by atomic mass is 9.92. The molecule has 0 radical (unpaired) electrons. The number of nitrogens with one attached hydrogen (secondary N) is 1. The molecular formula is C17H35NO2. The van der Waals surface area contributed by atoms with Crippen molar-refractivity contribution < 1.29 is 9.53 Å². The molecule has 0 aliphatic carbocycles. The molecule has 1 amide bonds. The van der Waals surface area contributed by atoms with Gasteiger partial charge in [0.25, 0.3) is 0 Å². The summed E-state index contributed by atoms with van der Waals surface area (Å²) in [6.45, 7) is 15.9. The Hall–Kier alpha value is -0.570. The maximum Gasteiger partial charge on any atom is 0.227 e. The largest absolute Gasteiger partial charge is 0.374 e. The number of carbonyl (C=O) groups excluding carboxylic acids is 1. The molecule has 0 aromatic rings. The predicted molar refractivity (Wildman–Crippen MR) is 85.8 cm³/mol. The van der Waals surface area contributed by atoms with Gasteiger partial charge >= 0.3 is 0 Å². The quantitative estimate of drug-likeness (QED) is 0.612. The van der Waals surface area contributed by atoms with E-state index in [1.165, 1.54) is 0 Å². The van der Waals surface area contributed by atoms with Gasteiger partial charge in [-0.3, -0.25) is 4.79 Å². The first-order valence-electron chi connectivity index (χ1n) is 8.03. The summed E-state index contributed by atoms with van der Waals surface area (Å²) in [6, 6.07) is 0. The van der Waals surface area contributed by atoms with E-state index < -0.39 is 5.41 Å². The van der Waals surface area contributed by atoms with Crippen molar-refractivity contribution in [2.24, 2.45) is 11.3 Å². The third kappa shape index (κ3) is 8.57. The van der Waals surface area contributed by atoms with E-state index in [-0.39, 0.29) is 11.5 Å². The Balaban J connectivity index is 4.21. The van der Waals surface area contributed by atoms with Crippen LogP contribution in [-0.4, -0.2) is 24.7 Å². The van der Waals surface area contributed by atoms with Gasteiger partial charge in [-0.15, -0.1) is 0 Å². The molecule has 0 aromatic heterocycles. The fraction of sp³-hybridized carbons (Fsp3) is 0.941. The maximum atomic E-state index is 12.1. The van der Waals surface area contributed by atoms with Crippen LogP contribution < -0.4 is 5.32 Å². The Morgan fingerprint density at radius 2 is 1.80 bits per heavy atom. The standard InChI is InChI=1S/C17H35NO2/c1-8-9-12-18-15(19)16(4,5)13-20-17(6,7)11-10-14(2)3/h14H,8-13H2,1-7H3,(H,18,19). The first-order valence-corrected chi connectivity index (χ1v) is 8.03. The van der Waals surface area contributed by atoms with Crippen LogP contribution >= 0.6 is 0 Å². The highest BCUT2D eigenvalue weighted by molar-refractivity contribution is 5.81. The van der Waals surface area contributed by atoms with E-state index in [0.29, 0.717) is 12.5 Å². The van der Waals surface area contributed by atoms with E-state index in [1.54, 1.807) is 0 Å². The van der Waals surface area contributed by atoms with Crippen molar-refractivity contribution in [3.05, 3.63) is 0 Å². The SMILES string of the molecule is CCCCNC(=O)C(C)(C)COC(C)(C)CCC(C)C. The summed E-state index contributed by atoms with van der Waals surface area (Å²) in [5.41, 5.74) is -0.631. The first kappa shape index (κ1) is 19.4. The van der Waals surface area contributed by atoms with Gasteiger partial charge in [-0.25, -0.2) is 0 Å². The highest BCUT2D eigenvalue weighted by Gasteiger charge is 2.30. The summed E-state index contributed by atoms with van der Waals surface area (Å²) in [4.78, 5) is 12.1. The van der Waals surface area contributed by atoms with Crippen LogP contribution in [0.15, 0.2) is 0 Å². The molecule has 0 spiro atoms. The Bertz CT molecular complexity index is 283. The van der Waals surface area contributed by atoms with Gasteiger partial charge < -0.3 is 10.1 Å². The number of hydrogen-bond donors (Lipinski definition) is 1. The summed E-state index contributed by atoms with van der Waals surface area (Å²) in [5.74, 6) is 0.772. The zero-order valence-corrected chi connectivity index (χ0v) is 14.6. The molecule has 1 N–H and O–H groups in total. The Morgan fingerprint density at radius 3 is 2.30 bits per heavy atom. The minimum absolute atomic E-state index is 0.0885. The number of hydrogen-bond acceptors (Lipinski definition) is 2. The zero-order chi connectivity index (χ0) is 15.8. The van der Waals surface area contributed by atoms with Gasteiger partial charge in [0.2, 0.25) is 5.91 Å². The molecule has 0 fully saturated rings. The Kier molecular flexibility index (Phi) is 8.41. The van der Waals surface area contributed by atoms with Gasteiger partial charge in [0.05, 0.1) is 17.6 Å². The molecular weight excluding hydrogens is 250 g/mol. The highest BCUT2D eigenvalue weighted by atomic mass is 16.5. The lowest BCUT2D eigenvalue weighted by Gasteiger charge is -2.31. The fourth-order valence-electron chi connectivity index (χ4n) is 1.77. The molecule has 0 aromatic carbocycles. The molecule has 0 aliphatic rings. The summed E-state index contributed by atoms with van der Waals surface area (Å²) in [6.07, 6.45) is 4.30. The Morgan fingerprint density at radius 1 is 1.20 bits per heavy atom. The van der Waals surface area contributed by atoms with Crippen molar-refractivity contribution >= 4 is 5.91 Å². The molecule has 0 atom stereocenters. The molecule has 0 rings (SSSR count). The van der Waals surface area contributed by atoms with Crippen molar-refractivity contribution in [3.8, 4) is 0 Å². The van der Waals surface area contributed by atoms with Crippen LogP contribution in [0.3, 0.4) is 0 Å². The van der Waals surface area contributed by atoms with Crippen molar-refractivity contribution in [1.29, 1.82) is 0 Å². The topological polar surface area (TPSA) is 38.3 Å². The predicted octanol–water partition coefficient (Wildman–Crippen LogP) is 4.16. The minimum Gasteiger partial charge on any atom is -0.374 e. The zero-order valence-electron chi connectivity index (χ0n) is 14.6. The van der Waals surface area contributed by atoms with Crippen molar-refractivity contribution in [2.75, 3.05) is 13.2 Å². The van der Waals surface area contributed by atoms with E-state index in [9.17, 15) is 4.79 Å². The van der Waals surface area contributed by atoms with Crippen molar-refractivity contribution in [2.45, 2.75) is 79.8 Å². The summed E-state index contributed by atoms with van der Waals surface area (Å²) < 4.78 is 6.01. The van der Waals surface area contributed by atoms with Gasteiger partial charge in [-0.05, 0) is 52.9 Å². The second-order valence-corrected chi connectivity index (χ2v) is 7.47. The normalized spacial score (nSPS) is 12.8. The van der Waals surface area contributed by atoms with Gasteiger partial charge in [-0.2, -0.15) is 0 Å². The van der Waals surface area contributed by atoms with E-state index >= 15 is 0 Å². The van der Waals surface area contributed by atoms with Crippen molar-refractivity contribution in [1.82, 2.24) is 5.32 Å². The molecule has 0 saturated carbocycles. The van der Waals surface area contributed by atoms with Gasteiger partial charge in [0, 0.05) is 6.54 Å². The summed E-state index contributed by atoms with van der Waals surface area (Å²) in [5, 5.41) is 2.99. The Labute approximate surface area is 125 Å². The van der Waals surface area contributed by atoms with Gasteiger partial charge in [0.1, 0.15) is 0 Å². The van der Waals surface area contributed by atoms with E-state index in [4.69, 9.17) is 4.74 Å². The third-order valence-corrected chi connectivity index (χ3v) is 3.58. The van der Waals surface area contributed by atoms with Crippen LogP contribution in [0, 0.1) is 11.3 Å². The van der Waals surface area contributed by atoms with Crippen LogP contribution in [0.25, 0.3) is 0 Å². The minimum atomic E-state index is -0.469. The third-order valence-electron chi connectivity index (χ3n) is 3.58. The average Bonchev–Trinajstić information content (AvgIpc) is 2.35. The molecule has 0 heterocycles. The molecule has 20 heavy (non-hydrogen) atoms. The molecule has 0 bridgehead atoms.